The topological polar surface area (TPSA) is 50.7 Å². The predicted molar refractivity (Wildman–Crippen MR) is 78.3 cm³/mol. The van der Waals surface area contributed by atoms with Gasteiger partial charge in [0.25, 0.3) is 5.56 Å². The summed E-state index contributed by atoms with van der Waals surface area (Å²) in [5, 5.41) is 0. The van der Waals surface area contributed by atoms with Gasteiger partial charge in [-0.2, -0.15) is 0 Å². The lowest BCUT2D eigenvalue weighted by molar-refractivity contribution is 0.719. The van der Waals surface area contributed by atoms with Crippen LogP contribution in [0.25, 0.3) is 11.0 Å². The lowest BCUT2D eigenvalue weighted by Gasteiger charge is -2.08. The first-order valence-corrected chi connectivity index (χ1v) is 6.55. The van der Waals surface area contributed by atoms with E-state index in [-0.39, 0.29) is 5.56 Å². The van der Waals surface area contributed by atoms with E-state index >= 15 is 0 Å². The molecular formula is C15H19N3O. The molecule has 2 aromatic rings. The molecule has 2 aromatic heterocycles. The molecule has 1 N–H and O–H groups in total. The number of imidazole rings is 1. The van der Waals surface area contributed by atoms with Crippen molar-refractivity contribution in [3.05, 3.63) is 52.7 Å². The standard InChI is InChI=1S/C15H19N3O/c1-4-7-13-17-12-8-9-16-15(19)14(12)18(13)10-11(5-2)6-3/h5-6,8-9H,2,4,7,10H2,1,3H3,(H,16,19)/b11-6+. The van der Waals surface area contributed by atoms with Gasteiger partial charge in [-0.25, -0.2) is 4.98 Å². The summed E-state index contributed by atoms with van der Waals surface area (Å²) < 4.78 is 1.99. The quantitative estimate of drug-likeness (QED) is 0.837. The Morgan fingerprint density at radius 3 is 3.00 bits per heavy atom. The van der Waals surface area contributed by atoms with Crippen molar-refractivity contribution in [1.82, 2.24) is 14.5 Å². The minimum absolute atomic E-state index is 0.0909. The molecule has 0 aliphatic rings. The van der Waals surface area contributed by atoms with Crippen LogP contribution in [0.15, 0.2) is 41.4 Å². The number of fused-ring (bicyclic) bond motifs is 1. The number of nitrogens with zero attached hydrogens (tertiary/aromatic N) is 2. The van der Waals surface area contributed by atoms with E-state index < -0.39 is 0 Å². The summed E-state index contributed by atoms with van der Waals surface area (Å²) in [6.45, 7) is 8.52. The van der Waals surface area contributed by atoms with Crippen molar-refractivity contribution in [2.45, 2.75) is 33.2 Å². The molecule has 100 valence electrons. The second kappa shape index (κ2) is 5.69. The Balaban J connectivity index is 2.63. The summed E-state index contributed by atoms with van der Waals surface area (Å²) >= 11 is 0. The highest BCUT2D eigenvalue weighted by Gasteiger charge is 2.13. The van der Waals surface area contributed by atoms with Crippen LogP contribution in [0.2, 0.25) is 0 Å². The molecule has 4 nitrogen and oxygen atoms in total. The number of hydrogen-bond acceptors (Lipinski definition) is 2. The van der Waals surface area contributed by atoms with Gasteiger partial charge in [0.15, 0.2) is 0 Å². The molecule has 4 heteroatoms. The first-order chi connectivity index (χ1) is 9.21. The zero-order valence-electron chi connectivity index (χ0n) is 11.4. The Labute approximate surface area is 112 Å². The Bertz CT molecular complexity index is 676. The maximum atomic E-state index is 12.0. The molecule has 0 fully saturated rings. The number of aryl methyl sites for hydroxylation is 1. The molecule has 0 aliphatic heterocycles. The summed E-state index contributed by atoms with van der Waals surface area (Å²) in [5.41, 5.74) is 2.39. The first kappa shape index (κ1) is 13.3. The van der Waals surface area contributed by atoms with Gasteiger partial charge in [0.1, 0.15) is 11.3 Å². The van der Waals surface area contributed by atoms with Gasteiger partial charge in [0, 0.05) is 19.2 Å². The summed E-state index contributed by atoms with van der Waals surface area (Å²) in [6, 6.07) is 1.84. The minimum atomic E-state index is -0.0909. The molecule has 0 bridgehead atoms. The Hall–Kier alpha value is -2.10. The lowest BCUT2D eigenvalue weighted by Crippen LogP contribution is -2.13. The number of pyridine rings is 1. The third-order valence-corrected chi connectivity index (χ3v) is 3.19. The van der Waals surface area contributed by atoms with E-state index in [1.165, 1.54) is 0 Å². The van der Waals surface area contributed by atoms with Crippen molar-refractivity contribution < 1.29 is 0 Å². The monoisotopic (exact) mass is 257 g/mol. The van der Waals surface area contributed by atoms with Crippen molar-refractivity contribution in [1.29, 1.82) is 0 Å². The van der Waals surface area contributed by atoms with Gasteiger partial charge in [-0.1, -0.05) is 25.7 Å². The first-order valence-electron chi connectivity index (χ1n) is 6.55. The maximum absolute atomic E-state index is 12.0. The molecule has 0 saturated carbocycles. The highest BCUT2D eigenvalue weighted by atomic mass is 16.1. The third kappa shape index (κ3) is 2.52. The summed E-state index contributed by atoms with van der Waals surface area (Å²) in [7, 11) is 0. The van der Waals surface area contributed by atoms with Crippen LogP contribution in [0.5, 0.6) is 0 Å². The highest BCUT2D eigenvalue weighted by molar-refractivity contribution is 5.74. The number of aromatic amines is 1. The van der Waals surface area contributed by atoms with Crippen molar-refractivity contribution in [2.75, 3.05) is 0 Å². The summed E-state index contributed by atoms with van der Waals surface area (Å²) in [6.07, 6.45) is 7.33. The predicted octanol–water partition coefficient (Wildman–Crippen LogP) is 2.81. The minimum Gasteiger partial charge on any atom is -0.327 e. The van der Waals surface area contributed by atoms with Crippen LogP contribution in [0.3, 0.4) is 0 Å². The molecule has 0 unspecified atom stereocenters. The fourth-order valence-corrected chi connectivity index (χ4v) is 2.18. The summed E-state index contributed by atoms with van der Waals surface area (Å²) in [5.74, 6) is 0.954. The van der Waals surface area contributed by atoms with E-state index in [4.69, 9.17) is 0 Å². The normalized spacial score (nSPS) is 12.0. The van der Waals surface area contributed by atoms with Crippen molar-refractivity contribution in [2.24, 2.45) is 0 Å². The third-order valence-electron chi connectivity index (χ3n) is 3.19. The van der Waals surface area contributed by atoms with E-state index in [2.05, 4.69) is 23.5 Å². The maximum Gasteiger partial charge on any atom is 0.274 e. The van der Waals surface area contributed by atoms with E-state index in [9.17, 15) is 4.79 Å². The van der Waals surface area contributed by atoms with Crippen LogP contribution in [-0.4, -0.2) is 14.5 Å². The zero-order valence-corrected chi connectivity index (χ0v) is 11.4. The van der Waals surface area contributed by atoms with Crippen molar-refractivity contribution >= 4 is 11.0 Å². The molecule has 2 heterocycles. The average molecular weight is 257 g/mol. The van der Waals surface area contributed by atoms with Gasteiger partial charge < -0.3 is 9.55 Å². The number of nitrogens with one attached hydrogen (secondary N) is 1. The van der Waals surface area contributed by atoms with Crippen LogP contribution in [-0.2, 0) is 13.0 Å². The largest absolute Gasteiger partial charge is 0.327 e. The lowest BCUT2D eigenvalue weighted by atomic mass is 10.2. The SMILES string of the molecule is C=C/C(=C\C)Cn1c(CCC)nc2cc[nH]c(=O)c21. The van der Waals surface area contributed by atoms with Crippen molar-refractivity contribution in [3.63, 3.8) is 0 Å². The van der Waals surface area contributed by atoms with Crippen molar-refractivity contribution in [3.8, 4) is 0 Å². The Morgan fingerprint density at radius 1 is 1.58 bits per heavy atom. The van der Waals surface area contributed by atoms with Gasteiger partial charge in [-0.05, 0) is 25.0 Å². The van der Waals surface area contributed by atoms with Crippen LogP contribution < -0.4 is 5.56 Å². The molecule has 0 aliphatic carbocycles. The molecule has 0 radical (unpaired) electrons. The second-order valence-corrected chi connectivity index (χ2v) is 4.47. The molecule has 0 spiro atoms. The van der Waals surface area contributed by atoms with Gasteiger partial charge >= 0.3 is 0 Å². The summed E-state index contributed by atoms with van der Waals surface area (Å²) in [4.78, 5) is 19.3. The van der Waals surface area contributed by atoms with Crippen LogP contribution in [0.1, 0.15) is 26.1 Å². The van der Waals surface area contributed by atoms with E-state index in [0.29, 0.717) is 12.1 Å². The number of allylic oxidation sites excluding steroid dienone is 3. The zero-order chi connectivity index (χ0) is 13.8. The molecule has 0 aromatic carbocycles. The molecule has 2 rings (SSSR count). The molecule has 0 atom stereocenters. The number of hydrogen-bond donors (Lipinski definition) is 1. The van der Waals surface area contributed by atoms with Gasteiger partial charge in [-0.15, -0.1) is 0 Å². The second-order valence-electron chi connectivity index (χ2n) is 4.47. The number of rotatable bonds is 5. The smallest absolute Gasteiger partial charge is 0.274 e. The van der Waals surface area contributed by atoms with Crippen LogP contribution in [0, 0.1) is 0 Å². The fraction of sp³-hybridized carbons (Fsp3) is 0.333. The molecule has 0 saturated heterocycles. The van der Waals surface area contributed by atoms with Gasteiger partial charge in [0.05, 0.1) is 5.52 Å². The Kier molecular flexibility index (Phi) is 4.00. The number of aromatic nitrogens is 3. The fourth-order valence-electron chi connectivity index (χ4n) is 2.18. The molecular weight excluding hydrogens is 238 g/mol. The van der Waals surface area contributed by atoms with E-state index in [1.807, 2.05) is 29.7 Å². The van der Waals surface area contributed by atoms with Gasteiger partial charge in [0.2, 0.25) is 0 Å². The van der Waals surface area contributed by atoms with Gasteiger partial charge in [-0.3, -0.25) is 4.79 Å². The Morgan fingerprint density at radius 2 is 2.37 bits per heavy atom. The van der Waals surface area contributed by atoms with E-state index in [0.717, 1.165) is 29.8 Å². The highest BCUT2D eigenvalue weighted by Crippen LogP contribution is 2.15. The van der Waals surface area contributed by atoms with E-state index in [1.54, 1.807) is 6.20 Å². The number of H-pyrrole nitrogens is 1. The molecule has 19 heavy (non-hydrogen) atoms. The van der Waals surface area contributed by atoms with Crippen LogP contribution >= 0.6 is 0 Å². The molecule has 0 amide bonds. The van der Waals surface area contributed by atoms with Crippen LogP contribution in [0.4, 0.5) is 0 Å². The average Bonchev–Trinajstić information content (AvgIpc) is 2.75.